The second-order valence-corrected chi connectivity index (χ2v) is 11.5. The predicted octanol–water partition coefficient (Wildman–Crippen LogP) is 5.87. The molecule has 5 aromatic rings. The lowest BCUT2D eigenvalue weighted by Gasteiger charge is -2.38. The highest BCUT2D eigenvalue weighted by Gasteiger charge is 2.37. The van der Waals surface area contributed by atoms with Crippen LogP contribution in [-0.4, -0.2) is 60.4 Å². The van der Waals surface area contributed by atoms with Crippen molar-refractivity contribution in [3.05, 3.63) is 103 Å². The monoisotopic (exact) mass is 569 g/mol. The Hall–Kier alpha value is -4.82. The van der Waals surface area contributed by atoms with Crippen molar-refractivity contribution in [2.45, 2.75) is 44.3 Å². The summed E-state index contributed by atoms with van der Waals surface area (Å²) in [6.07, 6.45) is 7.41. The Kier molecular flexibility index (Phi) is 7.20. The molecule has 0 radical (unpaired) electrons. The van der Waals surface area contributed by atoms with Crippen LogP contribution in [0.2, 0.25) is 0 Å². The molecule has 216 valence electrons. The van der Waals surface area contributed by atoms with E-state index < -0.39 is 0 Å². The summed E-state index contributed by atoms with van der Waals surface area (Å²) in [5.41, 5.74) is 12.8. The first-order valence-electron chi connectivity index (χ1n) is 15.0. The molecule has 1 saturated heterocycles. The van der Waals surface area contributed by atoms with Crippen LogP contribution in [0.15, 0.2) is 97.7 Å². The van der Waals surface area contributed by atoms with E-state index in [1.54, 1.807) is 6.20 Å². The van der Waals surface area contributed by atoms with Gasteiger partial charge in [-0.1, -0.05) is 49.0 Å². The smallest absolute Gasteiger partial charge is 0.246 e. The molecule has 2 N–H and O–H groups in total. The summed E-state index contributed by atoms with van der Waals surface area (Å²) < 4.78 is 2.08. The molecule has 2 fully saturated rings. The molecule has 2 aromatic carbocycles. The third-order valence-corrected chi connectivity index (χ3v) is 8.57. The molecule has 8 nitrogen and oxygen atoms in total. The first kappa shape index (κ1) is 27.0. The predicted molar refractivity (Wildman–Crippen MR) is 170 cm³/mol. The van der Waals surface area contributed by atoms with Crippen LogP contribution in [-0.2, 0) is 11.3 Å². The minimum absolute atomic E-state index is 0.0846. The fourth-order valence-corrected chi connectivity index (χ4v) is 6.24. The zero-order valence-electron chi connectivity index (χ0n) is 24.1. The van der Waals surface area contributed by atoms with E-state index in [1.807, 2.05) is 42.5 Å². The number of nitrogens with zero attached hydrogens (tertiary/aromatic N) is 6. The van der Waals surface area contributed by atoms with Crippen molar-refractivity contribution in [1.29, 1.82) is 0 Å². The van der Waals surface area contributed by atoms with Crippen molar-refractivity contribution in [3.63, 3.8) is 0 Å². The summed E-state index contributed by atoms with van der Waals surface area (Å²) in [4.78, 5) is 31.4. The third kappa shape index (κ3) is 5.42. The number of imidazole rings is 1. The van der Waals surface area contributed by atoms with Gasteiger partial charge in [0.15, 0.2) is 11.5 Å². The van der Waals surface area contributed by atoms with E-state index in [1.165, 1.54) is 11.6 Å². The number of hydrogen-bond donors (Lipinski definition) is 1. The van der Waals surface area contributed by atoms with Crippen LogP contribution in [0.25, 0.3) is 39.5 Å². The molecule has 2 aliphatic rings. The molecule has 0 unspecified atom stereocenters. The lowest BCUT2D eigenvalue weighted by molar-refractivity contribution is -0.129. The van der Waals surface area contributed by atoms with Crippen molar-refractivity contribution in [2.24, 2.45) is 0 Å². The van der Waals surface area contributed by atoms with Gasteiger partial charge in [-0.3, -0.25) is 14.3 Å². The van der Waals surface area contributed by atoms with Crippen LogP contribution in [0.1, 0.15) is 31.2 Å². The van der Waals surface area contributed by atoms with E-state index in [0.29, 0.717) is 23.7 Å². The molecule has 1 aliphatic heterocycles. The number of aromatic nitrogens is 4. The van der Waals surface area contributed by atoms with Gasteiger partial charge in [0.25, 0.3) is 0 Å². The zero-order chi connectivity index (χ0) is 29.3. The van der Waals surface area contributed by atoms with Crippen molar-refractivity contribution < 1.29 is 4.79 Å². The van der Waals surface area contributed by atoms with Crippen molar-refractivity contribution in [2.75, 3.05) is 18.8 Å². The normalized spacial score (nSPS) is 15.9. The van der Waals surface area contributed by atoms with Gasteiger partial charge in [0.05, 0.1) is 11.3 Å². The average Bonchev–Trinajstić information content (AvgIpc) is 3.81. The lowest BCUT2D eigenvalue weighted by Crippen LogP contribution is -2.47. The lowest BCUT2D eigenvalue weighted by atomic mass is 10.0. The number of carbonyl (C=O) groups is 1. The third-order valence-electron chi connectivity index (χ3n) is 8.57. The number of carbonyl (C=O) groups excluding carboxylic acids is 1. The van der Waals surface area contributed by atoms with Gasteiger partial charge in [0.1, 0.15) is 11.3 Å². The highest BCUT2D eigenvalue weighted by atomic mass is 16.2. The Balaban J connectivity index is 1.16. The van der Waals surface area contributed by atoms with E-state index in [0.717, 1.165) is 79.0 Å². The first-order chi connectivity index (χ1) is 21.1. The second-order valence-electron chi connectivity index (χ2n) is 11.5. The molecule has 0 atom stereocenters. The number of nitrogens with two attached hydrogens (primary N) is 1. The molecule has 1 aliphatic carbocycles. The SMILES string of the molecule is C=CC(=O)N(C1CC1)C1CCN(Cc2ccc(-n3c(-c4cccnc4N)nc4ccc(-c5ccccc5)nc43)cc2)CC1. The van der Waals surface area contributed by atoms with E-state index >= 15 is 0 Å². The number of amides is 1. The molecule has 0 spiro atoms. The van der Waals surface area contributed by atoms with E-state index in [4.69, 9.17) is 15.7 Å². The Labute approximate surface area is 251 Å². The van der Waals surface area contributed by atoms with Crippen LogP contribution in [0.5, 0.6) is 0 Å². The minimum Gasteiger partial charge on any atom is -0.383 e. The molecule has 43 heavy (non-hydrogen) atoms. The maximum atomic E-state index is 12.5. The molecule has 4 heterocycles. The summed E-state index contributed by atoms with van der Waals surface area (Å²) in [6, 6.07) is 27.4. The molecule has 7 rings (SSSR count). The quantitative estimate of drug-likeness (QED) is 0.235. The maximum Gasteiger partial charge on any atom is 0.246 e. The van der Waals surface area contributed by atoms with Crippen LogP contribution < -0.4 is 5.73 Å². The number of anilines is 1. The van der Waals surface area contributed by atoms with Gasteiger partial charge in [-0.25, -0.2) is 15.0 Å². The number of benzene rings is 2. The van der Waals surface area contributed by atoms with Crippen LogP contribution in [0, 0.1) is 0 Å². The minimum atomic E-state index is 0.0846. The largest absolute Gasteiger partial charge is 0.383 e. The summed E-state index contributed by atoms with van der Waals surface area (Å²) in [5, 5.41) is 0. The van der Waals surface area contributed by atoms with E-state index in [2.05, 4.69) is 62.3 Å². The molecule has 0 bridgehead atoms. The fraction of sp³-hybridized carbons (Fsp3) is 0.257. The number of likely N-dealkylation sites (tertiary alicyclic amines) is 1. The van der Waals surface area contributed by atoms with Crippen molar-refractivity contribution in [3.8, 4) is 28.3 Å². The second kappa shape index (κ2) is 11.5. The van der Waals surface area contributed by atoms with Gasteiger partial charge in [0.2, 0.25) is 5.91 Å². The molecular formula is C35H35N7O. The summed E-state index contributed by atoms with van der Waals surface area (Å²) in [6.45, 7) is 6.54. The van der Waals surface area contributed by atoms with Crippen LogP contribution in [0.4, 0.5) is 5.82 Å². The average molecular weight is 570 g/mol. The highest BCUT2D eigenvalue weighted by Crippen LogP contribution is 2.34. The van der Waals surface area contributed by atoms with Gasteiger partial charge < -0.3 is 10.6 Å². The Morgan fingerprint density at radius 1 is 0.907 bits per heavy atom. The molecule has 3 aromatic heterocycles. The van der Waals surface area contributed by atoms with E-state index in [-0.39, 0.29) is 5.91 Å². The standard InChI is InChI=1S/C35H35N7O/c1-2-32(43)41(26-14-15-26)28-18-21-40(22-19-28)23-24-10-12-27(13-11-24)42-34(29-9-6-20-37-33(29)36)39-31-17-16-30(38-35(31)42)25-7-4-3-5-8-25/h2-13,16-17,20,26,28H,1,14-15,18-19,21-23H2,(H2,36,37). The highest BCUT2D eigenvalue weighted by molar-refractivity contribution is 5.88. The number of pyridine rings is 2. The number of nitrogen functional groups attached to an aromatic ring is 1. The summed E-state index contributed by atoms with van der Waals surface area (Å²) >= 11 is 0. The maximum absolute atomic E-state index is 12.5. The fourth-order valence-electron chi connectivity index (χ4n) is 6.24. The topological polar surface area (TPSA) is 93.2 Å². The summed E-state index contributed by atoms with van der Waals surface area (Å²) in [5.74, 6) is 1.22. The van der Waals surface area contributed by atoms with Crippen LogP contribution >= 0.6 is 0 Å². The van der Waals surface area contributed by atoms with Gasteiger partial charge in [-0.05, 0) is 73.7 Å². The summed E-state index contributed by atoms with van der Waals surface area (Å²) in [7, 11) is 0. The molecule has 1 saturated carbocycles. The zero-order valence-corrected chi connectivity index (χ0v) is 24.1. The molecule has 8 heteroatoms. The van der Waals surface area contributed by atoms with E-state index in [9.17, 15) is 4.79 Å². The number of piperidine rings is 1. The number of fused-ring (bicyclic) bond motifs is 1. The van der Waals surface area contributed by atoms with Crippen molar-refractivity contribution >= 4 is 22.9 Å². The van der Waals surface area contributed by atoms with Crippen molar-refractivity contribution in [1.82, 2.24) is 29.3 Å². The molecule has 1 amide bonds. The first-order valence-corrected chi connectivity index (χ1v) is 15.0. The Bertz CT molecular complexity index is 1770. The van der Waals surface area contributed by atoms with Gasteiger partial charge >= 0.3 is 0 Å². The number of hydrogen-bond acceptors (Lipinski definition) is 6. The number of rotatable bonds is 8. The Morgan fingerprint density at radius 2 is 1.65 bits per heavy atom. The van der Waals surface area contributed by atoms with Gasteiger partial charge in [-0.15, -0.1) is 0 Å². The van der Waals surface area contributed by atoms with Gasteiger partial charge in [0, 0.05) is 49.2 Å². The van der Waals surface area contributed by atoms with Crippen LogP contribution in [0.3, 0.4) is 0 Å². The Morgan fingerprint density at radius 3 is 2.35 bits per heavy atom. The molecular weight excluding hydrogens is 534 g/mol. The van der Waals surface area contributed by atoms with Gasteiger partial charge in [-0.2, -0.15) is 0 Å².